The van der Waals surface area contributed by atoms with Gasteiger partial charge in [0.2, 0.25) is 5.91 Å². The molecule has 1 aromatic carbocycles. The van der Waals surface area contributed by atoms with Gasteiger partial charge in [-0.2, -0.15) is 0 Å². The number of amides is 2. The molecule has 0 unspecified atom stereocenters. The Morgan fingerprint density at radius 3 is 2.92 bits per heavy atom. The topological polar surface area (TPSA) is 86.7 Å². The summed E-state index contributed by atoms with van der Waals surface area (Å²) in [6.07, 6.45) is 1.73. The number of fused-ring (bicyclic) bond motifs is 2. The summed E-state index contributed by atoms with van der Waals surface area (Å²) >= 11 is 3.04. The molecule has 2 aliphatic rings. The van der Waals surface area contributed by atoms with Gasteiger partial charge in [-0.15, -0.1) is 23.1 Å². The Kier molecular flexibility index (Phi) is 4.01. The summed E-state index contributed by atoms with van der Waals surface area (Å²) in [5, 5.41) is 14.6. The average molecular weight is 374 g/mol. The lowest BCUT2D eigenvalue weighted by molar-refractivity contribution is -0.150. The molecule has 4 rings (SSSR count). The van der Waals surface area contributed by atoms with Crippen molar-refractivity contribution in [1.29, 1.82) is 0 Å². The van der Waals surface area contributed by atoms with Crippen molar-refractivity contribution in [3.05, 3.63) is 47.0 Å². The highest BCUT2D eigenvalue weighted by molar-refractivity contribution is 8.00. The number of benzene rings is 1. The zero-order valence-corrected chi connectivity index (χ0v) is 14.6. The highest BCUT2D eigenvalue weighted by Gasteiger charge is 2.52. The molecule has 1 saturated heterocycles. The first-order valence-corrected chi connectivity index (χ1v) is 9.61. The van der Waals surface area contributed by atoms with E-state index < -0.39 is 12.0 Å². The molecular formula is C17H14N2O4S2. The van der Waals surface area contributed by atoms with E-state index in [-0.39, 0.29) is 29.3 Å². The molecule has 25 heavy (non-hydrogen) atoms. The Balaban J connectivity index is 1.45. The van der Waals surface area contributed by atoms with Crippen LogP contribution in [-0.2, 0) is 20.8 Å². The molecule has 2 aliphatic heterocycles. The van der Waals surface area contributed by atoms with Crippen LogP contribution in [0.15, 0.2) is 41.4 Å². The van der Waals surface area contributed by atoms with Crippen LogP contribution in [0.25, 0.3) is 10.1 Å². The van der Waals surface area contributed by atoms with Gasteiger partial charge in [-0.1, -0.05) is 18.2 Å². The van der Waals surface area contributed by atoms with Crippen molar-refractivity contribution in [3.63, 3.8) is 0 Å². The fourth-order valence-corrected chi connectivity index (χ4v) is 5.26. The number of β-lactam (4-membered cyclic amide) rings is 1. The Morgan fingerprint density at radius 2 is 2.12 bits per heavy atom. The maximum Gasteiger partial charge on any atom is 0.352 e. The van der Waals surface area contributed by atoms with Crippen LogP contribution in [0, 0.1) is 0 Å². The molecule has 6 nitrogen and oxygen atoms in total. The van der Waals surface area contributed by atoms with Gasteiger partial charge in [0.1, 0.15) is 17.1 Å². The summed E-state index contributed by atoms with van der Waals surface area (Å²) in [6.45, 7) is 0. The van der Waals surface area contributed by atoms with E-state index in [9.17, 15) is 14.4 Å². The molecule has 128 valence electrons. The molecule has 2 N–H and O–H groups in total. The summed E-state index contributed by atoms with van der Waals surface area (Å²) in [6, 6.07) is 7.21. The van der Waals surface area contributed by atoms with Crippen molar-refractivity contribution in [2.45, 2.75) is 17.8 Å². The van der Waals surface area contributed by atoms with Gasteiger partial charge in [-0.25, -0.2) is 4.79 Å². The van der Waals surface area contributed by atoms with Crippen LogP contribution in [0.3, 0.4) is 0 Å². The fourth-order valence-electron chi connectivity index (χ4n) is 3.11. The number of rotatable bonds is 4. The molecule has 3 heterocycles. The number of carbonyl (C=O) groups excluding carboxylic acids is 2. The normalized spacial score (nSPS) is 22.2. The van der Waals surface area contributed by atoms with Crippen molar-refractivity contribution in [3.8, 4) is 0 Å². The predicted octanol–water partition coefficient (Wildman–Crippen LogP) is 1.81. The molecule has 8 heteroatoms. The maximum absolute atomic E-state index is 12.4. The summed E-state index contributed by atoms with van der Waals surface area (Å²) in [4.78, 5) is 37.1. The zero-order chi connectivity index (χ0) is 17.6. The van der Waals surface area contributed by atoms with Crippen molar-refractivity contribution >= 4 is 51.0 Å². The predicted molar refractivity (Wildman–Crippen MR) is 96.3 cm³/mol. The third-order valence-electron chi connectivity index (χ3n) is 4.29. The summed E-state index contributed by atoms with van der Waals surface area (Å²) in [5.41, 5.74) is 0.937. The van der Waals surface area contributed by atoms with E-state index in [2.05, 4.69) is 5.32 Å². The van der Waals surface area contributed by atoms with Crippen LogP contribution >= 0.6 is 23.1 Å². The number of aliphatic carboxylic acids is 1. The molecule has 0 aliphatic carbocycles. The van der Waals surface area contributed by atoms with Crippen LogP contribution in [-0.4, -0.2) is 45.0 Å². The fraction of sp³-hybridized carbons (Fsp3) is 0.235. The van der Waals surface area contributed by atoms with Gasteiger partial charge in [0.05, 0.1) is 6.42 Å². The van der Waals surface area contributed by atoms with Crippen molar-refractivity contribution in [2.75, 3.05) is 5.75 Å². The van der Waals surface area contributed by atoms with Crippen LogP contribution < -0.4 is 5.32 Å². The molecule has 2 atom stereocenters. The van der Waals surface area contributed by atoms with Crippen LogP contribution in [0.5, 0.6) is 0 Å². The number of hydrogen-bond donors (Lipinski definition) is 2. The standard InChI is InChI=1S/C17H14N2O4S2/c20-13(7-9-8-25-12-4-2-1-3-10(9)12)18-14-15(21)19-11(17(22)23)5-6-24-16(14)19/h1-5,8,14,16H,6-7H2,(H,18,20)(H,22,23)/t14-,16-/m1/s1. The number of nitrogens with one attached hydrogen (secondary N) is 1. The van der Waals surface area contributed by atoms with E-state index in [0.717, 1.165) is 15.6 Å². The third kappa shape index (κ3) is 2.71. The monoisotopic (exact) mass is 374 g/mol. The lowest BCUT2D eigenvalue weighted by atomic mass is 10.0. The summed E-state index contributed by atoms with van der Waals surface area (Å²) < 4.78 is 1.12. The highest BCUT2D eigenvalue weighted by Crippen LogP contribution is 2.37. The molecule has 0 spiro atoms. The van der Waals surface area contributed by atoms with Crippen LogP contribution in [0.1, 0.15) is 5.56 Å². The number of nitrogens with zero attached hydrogens (tertiary/aromatic N) is 1. The Labute approximate surface area is 151 Å². The van der Waals surface area contributed by atoms with Gasteiger partial charge < -0.3 is 10.4 Å². The van der Waals surface area contributed by atoms with Gasteiger partial charge in [-0.05, 0) is 28.5 Å². The van der Waals surface area contributed by atoms with E-state index in [0.29, 0.717) is 5.75 Å². The number of thioether (sulfide) groups is 1. The lowest BCUT2D eigenvalue weighted by Gasteiger charge is -2.48. The number of thiophene rings is 1. The van der Waals surface area contributed by atoms with Crippen molar-refractivity contribution in [1.82, 2.24) is 10.2 Å². The number of carboxylic acid groups (broad SMARTS) is 1. The van der Waals surface area contributed by atoms with Crippen molar-refractivity contribution < 1.29 is 19.5 Å². The third-order valence-corrected chi connectivity index (χ3v) is 6.49. The average Bonchev–Trinajstić information content (AvgIpc) is 3.01. The highest BCUT2D eigenvalue weighted by atomic mass is 32.2. The minimum absolute atomic E-state index is 0.00285. The first-order valence-electron chi connectivity index (χ1n) is 7.69. The second-order valence-electron chi connectivity index (χ2n) is 5.81. The van der Waals surface area contributed by atoms with Gasteiger partial charge in [0.15, 0.2) is 0 Å². The molecule has 0 bridgehead atoms. The van der Waals surface area contributed by atoms with E-state index in [1.165, 1.54) is 22.7 Å². The minimum atomic E-state index is -1.12. The summed E-state index contributed by atoms with van der Waals surface area (Å²) in [7, 11) is 0. The summed E-state index contributed by atoms with van der Waals surface area (Å²) in [5.74, 6) is -1.20. The number of carbonyl (C=O) groups is 3. The smallest absolute Gasteiger partial charge is 0.352 e. The Morgan fingerprint density at radius 1 is 1.32 bits per heavy atom. The molecule has 0 saturated carbocycles. The second kappa shape index (κ2) is 6.20. The zero-order valence-electron chi connectivity index (χ0n) is 13.0. The van der Waals surface area contributed by atoms with E-state index in [1.54, 1.807) is 11.3 Å². The quantitative estimate of drug-likeness (QED) is 0.797. The number of hydrogen-bond acceptors (Lipinski definition) is 5. The first-order chi connectivity index (χ1) is 12.1. The van der Waals surface area contributed by atoms with Gasteiger partial charge in [0, 0.05) is 10.5 Å². The lowest BCUT2D eigenvalue weighted by Crippen LogP contribution is -2.70. The molecular weight excluding hydrogens is 360 g/mol. The van der Waals surface area contributed by atoms with Gasteiger partial charge in [-0.3, -0.25) is 14.5 Å². The SMILES string of the molecule is O=C(Cc1csc2ccccc12)N[C@@H]1C(=O)N2C(C(=O)O)=CCS[C@H]12. The van der Waals surface area contributed by atoms with Gasteiger partial charge in [0.25, 0.3) is 5.91 Å². The number of carboxylic acids is 1. The molecule has 2 aromatic rings. The van der Waals surface area contributed by atoms with E-state index in [4.69, 9.17) is 5.11 Å². The van der Waals surface area contributed by atoms with Crippen LogP contribution in [0.2, 0.25) is 0 Å². The molecule has 1 aromatic heterocycles. The first kappa shape index (κ1) is 16.2. The van der Waals surface area contributed by atoms with E-state index in [1.807, 2.05) is 29.6 Å². The Bertz CT molecular complexity index is 920. The maximum atomic E-state index is 12.4. The van der Waals surface area contributed by atoms with Gasteiger partial charge >= 0.3 is 5.97 Å². The van der Waals surface area contributed by atoms with E-state index >= 15 is 0 Å². The molecule has 1 fully saturated rings. The second-order valence-corrected chi connectivity index (χ2v) is 7.87. The molecule has 0 radical (unpaired) electrons. The van der Waals surface area contributed by atoms with Crippen LogP contribution in [0.4, 0.5) is 0 Å². The minimum Gasteiger partial charge on any atom is -0.477 e. The van der Waals surface area contributed by atoms with Crippen molar-refractivity contribution in [2.24, 2.45) is 0 Å². The largest absolute Gasteiger partial charge is 0.477 e. The Hall–Kier alpha value is -2.32. The molecule has 2 amide bonds.